The molecule has 1 unspecified atom stereocenters. The second-order valence-electron chi connectivity index (χ2n) is 4.67. The third-order valence-corrected chi connectivity index (χ3v) is 3.35. The lowest BCUT2D eigenvalue weighted by Gasteiger charge is -2.30. The van der Waals surface area contributed by atoms with Gasteiger partial charge in [0.1, 0.15) is 5.76 Å². The molecule has 1 aliphatic heterocycles. The van der Waals surface area contributed by atoms with E-state index in [1.807, 2.05) is 6.07 Å². The van der Waals surface area contributed by atoms with Crippen LogP contribution in [-0.4, -0.2) is 44.2 Å². The van der Waals surface area contributed by atoms with Gasteiger partial charge in [0.25, 0.3) is 0 Å². The van der Waals surface area contributed by atoms with E-state index in [-0.39, 0.29) is 5.76 Å². The van der Waals surface area contributed by atoms with E-state index in [0.717, 1.165) is 18.8 Å². The summed E-state index contributed by atoms with van der Waals surface area (Å²) in [6.45, 7) is 2.84. The molecular formula is C13H20N2O3. The molecule has 1 fully saturated rings. The Morgan fingerprint density at radius 2 is 2.44 bits per heavy atom. The molecule has 2 rings (SSSR count). The summed E-state index contributed by atoms with van der Waals surface area (Å²) in [5.74, 6) is 0.634. The van der Waals surface area contributed by atoms with Crippen LogP contribution in [0.15, 0.2) is 16.5 Å². The zero-order valence-electron chi connectivity index (χ0n) is 10.9. The molecule has 5 nitrogen and oxygen atoms in total. The van der Waals surface area contributed by atoms with Gasteiger partial charge in [0.2, 0.25) is 5.76 Å². The van der Waals surface area contributed by atoms with Gasteiger partial charge in [-0.2, -0.15) is 0 Å². The Labute approximate surface area is 107 Å². The summed E-state index contributed by atoms with van der Waals surface area (Å²) in [6, 6.07) is 4.03. The fourth-order valence-electron chi connectivity index (χ4n) is 2.26. The van der Waals surface area contributed by atoms with E-state index in [0.29, 0.717) is 12.6 Å². The van der Waals surface area contributed by atoms with Crippen molar-refractivity contribution in [2.75, 3.05) is 27.2 Å². The molecule has 1 N–H and O–H groups in total. The second kappa shape index (κ2) is 6.02. The van der Waals surface area contributed by atoms with Crippen molar-refractivity contribution in [2.45, 2.75) is 25.4 Å². The molecule has 0 aromatic carbocycles. The lowest BCUT2D eigenvalue weighted by Crippen LogP contribution is -2.43. The largest absolute Gasteiger partial charge is 0.463 e. The molecule has 2 heterocycles. The maximum absolute atomic E-state index is 11.3. The fourth-order valence-corrected chi connectivity index (χ4v) is 2.26. The Bertz CT molecular complexity index is 397. The van der Waals surface area contributed by atoms with Crippen molar-refractivity contribution in [2.24, 2.45) is 0 Å². The van der Waals surface area contributed by atoms with Gasteiger partial charge in [-0.3, -0.25) is 4.90 Å². The van der Waals surface area contributed by atoms with Gasteiger partial charge in [-0.25, -0.2) is 4.79 Å². The van der Waals surface area contributed by atoms with Crippen LogP contribution >= 0.6 is 0 Å². The number of esters is 1. The van der Waals surface area contributed by atoms with Crippen LogP contribution in [0.1, 0.15) is 29.2 Å². The number of methoxy groups -OCH3 is 1. The molecule has 100 valence electrons. The van der Waals surface area contributed by atoms with Gasteiger partial charge in [-0.15, -0.1) is 0 Å². The molecule has 1 aromatic heterocycles. The highest BCUT2D eigenvalue weighted by molar-refractivity contribution is 5.86. The lowest BCUT2D eigenvalue weighted by molar-refractivity contribution is 0.0560. The molecule has 5 heteroatoms. The minimum atomic E-state index is -0.428. The van der Waals surface area contributed by atoms with Crippen LogP contribution in [0.5, 0.6) is 0 Å². The fraction of sp³-hybridized carbons (Fsp3) is 0.615. The molecule has 0 amide bonds. The number of nitrogens with zero attached hydrogens (tertiary/aromatic N) is 1. The van der Waals surface area contributed by atoms with Gasteiger partial charge < -0.3 is 14.5 Å². The minimum Gasteiger partial charge on any atom is -0.463 e. The van der Waals surface area contributed by atoms with Crippen LogP contribution in [0.2, 0.25) is 0 Å². The first kappa shape index (κ1) is 13.1. The number of piperidine rings is 1. The van der Waals surface area contributed by atoms with E-state index in [1.165, 1.54) is 20.0 Å². The molecule has 0 aliphatic carbocycles. The Morgan fingerprint density at radius 1 is 1.61 bits per heavy atom. The van der Waals surface area contributed by atoms with Crippen molar-refractivity contribution >= 4 is 5.97 Å². The van der Waals surface area contributed by atoms with Gasteiger partial charge in [-0.05, 0) is 38.6 Å². The lowest BCUT2D eigenvalue weighted by atomic mass is 10.1. The van der Waals surface area contributed by atoms with Gasteiger partial charge in [0, 0.05) is 12.6 Å². The van der Waals surface area contributed by atoms with Crippen molar-refractivity contribution in [3.63, 3.8) is 0 Å². The minimum absolute atomic E-state index is 0.266. The summed E-state index contributed by atoms with van der Waals surface area (Å²) < 4.78 is 10.1. The highest BCUT2D eigenvalue weighted by atomic mass is 16.5. The van der Waals surface area contributed by atoms with Crippen LogP contribution in [0.3, 0.4) is 0 Å². The number of ether oxygens (including phenoxy) is 1. The monoisotopic (exact) mass is 252 g/mol. The standard InChI is InChI=1S/C13H20N2O3/c1-15(10-4-3-7-14-8-10)9-11-5-6-12(18-11)13(16)17-2/h5-6,10,14H,3-4,7-9H2,1-2H3. The Balaban J connectivity index is 1.92. The van der Waals surface area contributed by atoms with Crippen LogP contribution in [0.25, 0.3) is 0 Å². The molecule has 0 radical (unpaired) electrons. The summed E-state index contributed by atoms with van der Waals surface area (Å²) >= 11 is 0. The van der Waals surface area contributed by atoms with Crippen molar-refractivity contribution in [1.29, 1.82) is 0 Å². The molecule has 0 saturated carbocycles. The maximum Gasteiger partial charge on any atom is 0.373 e. The van der Waals surface area contributed by atoms with E-state index < -0.39 is 5.97 Å². The number of carbonyl (C=O) groups is 1. The van der Waals surface area contributed by atoms with Crippen LogP contribution in [0, 0.1) is 0 Å². The van der Waals surface area contributed by atoms with Crippen LogP contribution in [-0.2, 0) is 11.3 Å². The molecule has 1 aromatic rings. The normalized spacial score (nSPS) is 20.1. The zero-order valence-corrected chi connectivity index (χ0v) is 10.9. The molecule has 18 heavy (non-hydrogen) atoms. The van der Waals surface area contributed by atoms with E-state index in [2.05, 4.69) is 22.0 Å². The van der Waals surface area contributed by atoms with E-state index in [9.17, 15) is 4.79 Å². The summed E-state index contributed by atoms with van der Waals surface area (Å²) in [7, 11) is 3.43. The number of hydrogen-bond acceptors (Lipinski definition) is 5. The first-order valence-corrected chi connectivity index (χ1v) is 6.28. The zero-order chi connectivity index (χ0) is 13.0. The number of likely N-dealkylation sites (N-methyl/N-ethyl adjacent to an activating group) is 1. The third kappa shape index (κ3) is 3.11. The molecule has 1 saturated heterocycles. The number of carbonyl (C=O) groups excluding carboxylic acids is 1. The molecular weight excluding hydrogens is 232 g/mol. The quantitative estimate of drug-likeness (QED) is 0.817. The van der Waals surface area contributed by atoms with E-state index in [1.54, 1.807) is 6.07 Å². The Morgan fingerprint density at radius 3 is 3.11 bits per heavy atom. The highest BCUT2D eigenvalue weighted by Crippen LogP contribution is 2.15. The summed E-state index contributed by atoms with van der Waals surface area (Å²) in [5.41, 5.74) is 0. The second-order valence-corrected chi connectivity index (χ2v) is 4.67. The van der Waals surface area contributed by atoms with Crippen molar-refractivity contribution in [3.8, 4) is 0 Å². The highest BCUT2D eigenvalue weighted by Gasteiger charge is 2.19. The smallest absolute Gasteiger partial charge is 0.373 e. The molecule has 0 spiro atoms. The van der Waals surface area contributed by atoms with Gasteiger partial charge in [0.05, 0.1) is 13.7 Å². The number of furan rings is 1. The summed E-state index contributed by atoms with van der Waals surface area (Å²) in [4.78, 5) is 13.5. The summed E-state index contributed by atoms with van der Waals surface area (Å²) in [6.07, 6.45) is 2.41. The molecule has 1 aliphatic rings. The Kier molecular flexibility index (Phi) is 4.38. The number of nitrogens with one attached hydrogen (secondary N) is 1. The number of rotatable bonds is 4. The molecule has 0 bridgehead atoms. The SMILES string of the molecule is COC(=O)c1ccc(CN(C)C2CCCNC2)o1. The topological polar surface area (TPSA) is 54.7 Å². The maximum atomic E-state index is 11.3. The van der Waals surface area contributed by atoms with Gasteiger partial charge in [0.15, 0.2) is 0 Å². The van der Waals surface area contributed by atoms with E-state index in [4.69, 9.17) is 4.42 Å². The first-order valence-electron chi connectivity index (χ1n) is 6.28. The third-order valence-electron chi connectivity index (χ3n) is 3.35. The van der Waals surface area contributed by atoms with Crippen molar-refractivity contribution in [3.05, 3.63) is 23.7 Å². The average Bonchev–Trinajstić information content (AvgIpc) is 2.87. The van der Waals surface area contributed by atoms with Crippen molar-refractivity contribution < 1.29 is 13.9 Å². The van der Waals surface area contributed by atoms with Crippen LogP contribution < -0.4 is 5.32 Å². The van der Waals surface area contributed by atoms with Gasteiger partial charge in [-0.1, -0.05) is 0 Å². The molecule has 1 atom stereocenters. The predicted molar refractivity (Wildman–Crippen MR) is 67.4 cm³/mol. The first-order chi connectivity index (χ1) is 8.70. The number of hydrogen-bond donors (Lipinski definition) is 1. The van der Waals surface area contributed by atoms with Crippen molar-refractivity contribution in [1.82, 2.24) is 10.2 Å². The summed E-state index contributed by atoms with van der Waals surface area (Å²) in [5, 5.41) is 3.39. The Hall–Kier alpha value is -1.33. The van der Waals surface area contributed by atoms with E-state index >= 15 is 0 Å². The average molecular weight is 252 g/mol. The van der Waals surface area contributed by atoms with Gasteiger partial charge >= 0.3 is 5.97 Å². The predicted octanol–water partition coefficient (Wildman–Crippen LogP) is 1.25. The van der Waals surface area contributed by atoms with Crippen LogP contribution in [0.4, 0.5) is 0 Å².